The Kier molecular flexibility index (Phi) is 9.56. The molecule has 2 saturated heterocycles. The lowest BCUT2D eigenvalue weighted by atomic mass is 9.81. The third-order valence-electron chi connectivity index (χ3n) is 6.76. The Bertz CT molecular complexity index is 1320. The summed E-state index contributed by atoms with van der Waals surface area (Å²) < 4.78 is 44.1. The topological polar surface area (TPSA) is 200 Å². The van der Waals surface area contributed by atoms with Gasteiger partial charge in [-0.15, -0.1) is 6.58 Å². The van der Waals surface area contributed by atoms with Crippen molar-refractivity contribution < 1.29 is 72.1 Å². The lowest BCUT2D eigenvalue weighted by Crippen LogP contribution is -2.63. The highest BCUT2D eigenvalue weighted by Gasteiger charge is 2.56. The normalized spacial score (nSPS) is 29.8. The molecule has 0 aromatic heterocycles. The number of esters is 5. The summed E-state index contributed by atoms with van der Waals surface area (Å²) in [6.45, 7) is 7.08. The number of phenols is 2. The molecule has 0 spiro atoms. The summed E-state index contributed by atoms with van der Waals surface area (Å²) >= 11 is 0. The lowest BCUT2D eigenvalue weighted by molar-refractivity contribution is -0.368. The van der Waals surface area contributed by atoms with Gasteiger partial charge < -0.3 is 48.1 Å². The predicted molar refractivity (Wildman–Crippen MR) is 137 cm³/mol. The zero-order valence-electron chi connectivity index (χ0n) is 23.3. The number of hydrogen-bond donors (Lipinski definition) is 2. The third-order valence-corrected chi connectivity index (χ3v) is 6.76. The van der Waals surface area contributed by atoms with Crippen LogP contribution in [0.3, 0.4) is 0 Å². The smallest absolute Gasteiger partial charge is 0.342 e. The van der Waals surface area contributed by atoms with Gasteiger partial charge in [-0.3, -0.25) is 14.4 Å². The van der Waals surface area contributed by atoms with E-state index in [9.17, 15) is 34.2 Å². The van der Waals surface area contributed by atoms with Crippen LogP contribution in [0.5, 0.6) is 11.5 Å². The van der Waals surface area contributed by atoms with Gasteiger partial charge in [0.15, 0.2) is 23.7 Å². The van der Waals surface area contributed by atoms with Crippen molar-refractivity contribution in [2.75, 3.05) is 6.61 Å². The zero-order valence-corrected chi connectivity index (χ0v) is 23.3. The van der Waals surface area contributed by atoms with Crippen molar-refractivity contribution in [2.24, 2.45) is 11.8 Å². The van der Waals surface area contributed by atoms with Crippen molar-refractivity contribution in [1.29, 1.82) is 0 Å². The van der Waals surface area contributed by atoms with Crippen LogP contribution in [-0.2, 0) is 57.1 Å². The molecule has 0 unspecified atom stereocenters. The maximum Gasteiger partial charge on any atom is 0.342 e. The molecule has 3 aliphatic heterocycles. The number of hydrogen-bond acceptors (Lipinski definition) is 15. The fraction of sp³-hybridized carbons (Fsp3) is 0.464. The highest BCUT2D eigenvalue weighted by molar-refractivity contribution is 5.93. The zero-order chi connectivity index (χ0) is 31.4. The summed E-state index contributed by atoms with van der Waals surface area (Å²) in [6.07, 6.45) is -6.60. The minimum atomic E-state index is -1.80. The maximum absolute atomic E-state index is 13.1. The van der Waals surface area contributed by atoms with Crippen molar-refractivity contribution in [1.82, 2.24) is 0 Å². The van der Waals surface area contributed by atoms with E-state index in [1.807, 2.05) is 0 Å². The van der Waals surface area contributed by atoms with Crippen LogP contribution in [0, 0.1) is 11.8 Å². The quantitative estimate of drug-likeness (QED) is 0.186. The molecule has 15 heteroatoms. The van der Waals surface area contributed by atoms with E-state index >= 15 is 0 Å². The molecule has 1 aromatic carbocycles. The molecule has 0 bridgehead atoms. The molecule has 1 aromatic rings. The van der Waals surface area contributed by atoms with Gasteiger partial charge in [0.05, 0.1) is 18.4 Å². The summed E-state index contributed by atoms with van der Waals surface area (Å²) in [6, 6.07) is 3.51. The van der Waals surface area contributed by atoms with Gasteiger partial charge in [-0.1, -0.05) is 12.1 Å². The first kappa shape index (κ1) is 31.3. The van der Waals surface area contributed by atoms with Crippen LogP contribution in [0.15, 0.2) is 42.7 Å². The highest BCUT2D eigenvalue weighted by atomic mass is 16.8. The second kappa shape index (κ2) is 13.1. The van der Waals surface area contributed by atoms with Gasteiger partial charge in [0.25, 0.3) is 0 Å². The van der Waals surface area contributed by atoms with Gasteiger partial charge in [0.2, 0.25) is 25.0 Å². The Balaban J connectivity index is 1.70. The van der Waals surface area contributed by atoms with E-state index in [4.69, 9.17) is 37.9 Å². The Morgan fingerprint density at radius 2 is 1.56 bits per heavy atom. The maximum atomic E-state index is 13.1. The van der Waals surface area contributed by atoms with Crippen LogP contribution >= 0.6 is 0 Å². The molecule has 2 fully saturated rings. The van der Waals surface area contributed by atoms with Gasteiger partial charge in [0, 0.05) is 32.6 Å². The number of benzene rings is 1. The molecular formula is C28H30O15. The standard InChI is InChI=1S/C28H30O15/c1-5-15-16-9-10-36-24(34)18(16)11-37-26(15)42-28-22(39-13(3)30)21(38-12(2)29)23(27(43-28)40-14(4)31)41-25(35)17-7-6-8-19(32)20(17)33/h5-8,11,15-16,21-23,26-28,32-33H,1,9-10H2,2-4H3/t15-,16+,21-,22-,23+,26+,27+,28-/m1/s1. The van der Waals surface area contributed by atoms with Gasteiger partial charge in [-0.2, -0.15) is 0 Å². The first-order valence-corrected chi connectivity index (χ1v) is 13.1. The number of carbonyl (C=O) groups excluding carboxylic acids is 5. The van der Waals surface area contributed by atoms with Gasteiger partial charge in [0.1, 0.15) is 5.56 Å². The summed E-state index contributed by atoms with van der Waals surface area (Å²) in [5.74, 6) is -6.92. The first-order chi connectivity index (χ1) is 20.4. The monoisotopic (exact) mass is 606 g/mol. The van der Waals surface area contributed by atoms with E-state index < -0.39 is 95.9 Å². The van der Waals surface area contributed by atoms with Crippen LogP contribution in [-0.4, -0.2) is 83.8 Å². The molecule has 8 atom stereocenters. The fourth-order valence-electron chi connectivity index (χ4n) is 4.95. The van der Waals surface area contributed by atoms with Crippen LogP contribution in [0.4, 0.5) is 0 Å². The second-order valence-corrected chi connectivity index (χ2v) is 9.73. The van der Waals surface area contributed by atoms with Gasteiger partial charge in [-0.25, -0.2) is 9.59 Å². The molecule has 2 N–H and O–H groups in total. The number of ether oxygens (including phenoxy) is 8. The third kappa shape index (κ3) is 6.89. The minimum absolute atomic E-state index is 0.152. The second-order valence-electron chi connectivity index (χ2n) is 9.73. The molecule has 4 rings (SSSR count). The van der Waals surface area contributed by atoms with E-state index in [2.05, 4.69) is 6.58 Å². The van der Waals surface area contributed by atoms with Crippen molar-refractivity contribution in [3.8, 4) is 11.5 Å². The summed E-state index contributed by atoms with van der Waals surface area (Å²) in [7, 11) is 0. The van der Waals surface area contributed by atoms with Crippen LogP contribution < -0.4 is 0 Å². The average Bonchev–Trinajstić information content (AvgIpc) is 2.93. The Labute approximate surface area is 244 Å². The largest absolute Gasteiger partial charge is 0.504 e. The minimum Gasteiger partial charge on any atom is -0.504 e. The molecule has 3 heterocycles. The number of rotatable bonds is 8. The van der Waals surface area contributed by atoms with E-state index in [-0.39, 0.29) is 12.2 Å². The van der Waals surface area contributed by atoms with Gasteiger partial charge >= 0.3 is 29.8 Å². The molecule has 0 aliphatic carbocycles. The van der Waals surface area contributed by atoms with Crippen LogP contribution in [0.25, 0.3) is 0 Å². The van der Waals surface area contributed by atoms with E-state index in [0.29, 0.717) is 6.42 Å². The summed E-state index contributed by atoms with van der Waals surface area (Å²) in [5, 5.41) is 20.0. The number of fused-ring (bicyclic) bond motifs is 1. The van der Waals surface area contributed by atoms with E-state index in [0.717, 1.165) is 32.9 Å². The lowest BCUT2D eigenvalue weighted by Gasteiger charge is -2.45. The molecule has 43 heavy (non-hydrogen) atoms. The van der Waals surface area contributed by atoms with Crippen molar-refractivity contribution in [3.05, 3.63) is 48.3 Å². The Morgan fingerprint density at radius 3 is 2.21 bits per heavy atom. The number of cyclic esters (lactones) is 1. The first-order valence-electron chi connectivity index (χ1n) is 13.1. The number of carbonyl (C=O) groups is 5. The fourth-order valence-corrected chi connectivity index (χ4v) is 4.95. The molecule has 0 radical (unpaired) electrons. The molecule has 3 aliphatic rings. The van der Waals surface area contributed by atoms with Crippen molar-refractivity contribution in [2.45, 2.75) is 64.4 Å². The molecule has 0 amide bonds. The van der Waals surface area contributed by atoms with Crippen LogP contribution in [0.1, 0.15) is 37.6 Å². The van der Waals surface area contributed by atoms with Crippen LogP contribution in [0.2, 0.25) is 0 Å². The van der Waals surface area contributed by atoms with E-state index in [1.165, 1.54) is 18.4 Å². The highest BCUT2D eigenvalue weighted by Crippen LogP contribution is 2.40. The molecule has 232 valence electrons. The Morgan fingerprint density at radius 1 is 0.907 bits per heavy atom. The SMILES string of the molecule is C=C[C@H]1[C@H](O[C@@H]2O[C@H](OC(C)=O)[C@@H](OC(=O)c3cccc(O)c3O)[C@H](OC(C)=O)[C@H]2OC(C)=O)OC=C2C(=O)OCC[C@H]21. The molecule has 0 saturated carbocycles. The summed E-state index contributed by atoms with van der Waals surface area (Å²) in [5.41, 5.74) is -0.210. The number of aromatic hydroxyl groups is 2. The van der Waals surface area contributed by atoms with Crippen molar-refractivity contribution >= 4 is 29.8 Å². The Hall–Kier alpha value is -4.63. The predicted octanol–water partition coefficient (Wildman–Crippen LogP) is 1.35. The number of phenolic OH excluding ortho intramolecular Hbond substituents is 2. The van der Waals surface area contributed by atoms with E-state index in [1.54, 1.807) is 0 Å². The molecular weight excluding hydrogens is 576 g/mol. The molecule has 15 nitrogen and oxygen atoms in total. The van der Waals surface area contributed by atoms with Gasteiger partial charge in [-0.05, 0) is 18.6 Å². The number of para-hydroxylation sites is 1. The average molecular weight is 607 g/mol. The van der Waals surface area contributed by atoms with Crippen molar-refractivity contribution in [3.63, 3.8) is 0 Å². The summed E-state index contributed by atoms with van der Waals surface area (Å²) in [4.78, 5) is 61.7.